The Labute approximate surface area is 129 Å². The lowest BCUT2D eigenvalue weighted by Crippen LogP contribution is -2.02. The molecule has 0 N–H and O–H groups in total. The van der Waals surface area contributed by atoms with Crippen LogP contribution in [-0.2, 0) is 5.33 Å². The summed E-state index contributed by atoms with van der Waals surface area (Å²) in [5.74, 6) is 0.248. The normalized spacial score (nSPS) is 10.9. The van der Waals surface area contributed by atoms with Crippen LogP contribution in [0.25, 0.3) is 11.0 Å². The van der Waals surface area contributed by atoms with Crippen LogP contribution in [0.5, 0.6) is 0 Å². The maximum atomic E-state index is 12.5. The first-order chi connectivity index (χ1) is 9.70. The average Bonchev–Trinajstić information content (AvgIpc) is 2.85. The van der Waals surface area contributed by atoms with E-state index in [4.69, 9.17) is 16.0 Å². The fraction of sp³-hybridized carbons (Fsp3) is 0.0625. The second kappa shape index (κ2) is 5.43. The highest BCUT2D eigenvalue weighted by Crippen LogP contribution is 2.29. The number of hydrogen-bond acceptors (Lipinski definition) is 2. The Morgan fingerprint density at radius 2 is 1.80 bits per heavy atom. The molecule has 0 aliphatic heterocycles. The number of benzene rings is 2. The molecule has 0 radical (unpaired) electrons. The zero-order valence-electron chi connectivity index (χ0n) is 10.4. The minimum atomic E-state index is -0.132. The summed E-state index contributed by atoms with van der Waals surface area (Å²) in [7, 11) is 0. The standard InChI is InChI=1S/C16H10BrClO2/c17-9-13-12-3-1-2-4-14(12)20-16(13)15(19)10-5-7-11(18)8-6-10/h1-8H,9H2. The van der Waals surface area contributed by atoms with Crippen molar-refractivity contribution in [3.63, 3.8) is 0 Å². The monoisotopic (exact) mass is 348 g/mol. The van der Waals surface area contributed by atoms with Gasteiger partial charge in [0.15, 0.2) is 5.76 Å². The van der Waals surface area contributed by atoms with Crippen LogP contribution in [0.3, 0.4) is 0 Å². The van der Waals surface area contributed by atoms with E-state index in [0.29, 0.717) is 21.7 Å². The van der Waals surface area contributed by atoms with Gasteiger partial charge in [0.05, 0.1) is 0 Å². The van der Waals surface area contributed by atoms with Crippen molar-refractivity contribution in [3.05, 3.63) is 70.4 Å². The minimum absolute atomic E-state index is 0.132. The molecule has 0 atom stereocenters. The maximum Gasteiger partial charge on any atom is 0.228 e. The molecule has 0 spiro atoms. The van der Waals surface area contributed by atoms with Crippen LogP contribution in [0.15, 0.2) is 52.9 Å². The fourth-order valence-electron chi connectivity index (χ4n) is 2.15. The first-order valence-corrected chi connectivity index (χ1v) is 7.57. The molecule has 20 heavy (non-hydrogen) atoms. The Morgan fingerprint density at radius 1 is 1.10 bits per heavy atom. The molecule has 0 bridgehead atoms. The summed E-state index contributed by atoms with van der Waals surface area (Å²) >= 11 is 9.27. The van der Waals surface area contributed by atoms with Gasteiger partial charge in [0.2, 0.25) is 5.78 Å². The molecule has 2 aromatic carbocycles. The third-order valence-corrected chi connectivity index (χ3v) is 3.96. The molecule has 0 aliphatic carbocycles. The number of halogens is 2. The van der Waals surface area contributed by atoms with Gasteiger partial charge in [-0.15, -0.1) is 0 Å². The van der Waals surface area contributed by atoms with Gasteiger partial charge in [0, 0.05) is 26.9 Å². The number of carbonyl (C=O) groups is 1. The van der Waals surface area contributed by atoms with Gasteiger partial charge in [0.25, 0.3) is 0 Å². The van der Waals surface area contributed by atoms with Gasteiger partial charge in [-0.05, 0) is 30.3 Å². The summed E-state index contributed by atoms with van der Waals surface area (Å²) in [6.07, 6.45) is 0. The number of alkyl halides is 1. The van der Waals surface area contributed by atoms with Gasteiger partial charge in [-0.1, -0.05) is 45.7 Å². The number of fused-ring (bicyclic) bond motifs is 1. The fourth-order valence-corrected chi connectivity index (χ4v) is 2.83. The predicted octanol–water partition coefficient (Wildman–Crippen LogP) is 5.21. The van der Waals surface area contributed by atoms with E-state index in [-0.39, 0.29) is 5.78 Å². The number of carbonyl (C=O) groups excluding carboxylic acids is 1. The quantitative estimate of drug-likeness (QED) is 0.480. The van der Waals surface area contributed by atoms with Crippen LogP contribution in [0.1, 0.15) is 21.7 Å². The molecule has 2 nitrogen and oxygen atoms in total. The Kier molecular flexibility index (Phi) is 3.64. The number of ketones is 1. The van der Waals surface area contributed by atoms with Gasteiger partial charge in [-0.25, -0.2) is 0 Å². The van der Waals surface area contributed by atoms with Gasteiger partial charge in [0.1, 0.15) is 5.58 Å². The molecule has 0 fully saturated rings. The van der Waals surface area contributed by atoms with Crippen molar-refractivity contribution < 1.29 is 9.21 Å². The van der Waals surface area contributed by atoms with Crippen molar-refractivity contribution in [2.45, 2.75) is 5.33 Å². The van der Waals surface area contributed by atoms with Crippen molar-refractivity contribution in [1.82, 2.24) is 0 Å². The van der Waals surface area contributed by atoms with Crippen molar-refractivity contribution in [2.24, 2.45) is 0 Å². The number of para-hydroxylation sites is 1. The molecule has 0 unspecified atom stereocenters. The van der Waals surface area contributed by atoms with E-state index in [0.717, 1.165) is 16.5 Å². The second-order valence-electron chi connectivity index (χ2n) is 4.38. The molecule has 4 heteroatoms. The topological polar surface area (TPSA) is 30.2 Å². The van der Waals surface area contributed by atoms with E-state index in [1.54, 1.807) is 24.3 Å². The van der Waals surface area contributed by atoms with Crippen molar-refractivity contribution in [1.29, 1.82) is 0 Å². The summed E-state index contributed by atoms with van der Waals surface area (Å²) in [4.78, 5) is 12.5. The number of furan rings is 1. The maximum absolute atomic E-state index is 12.5. The van der Waals surface area contributed by atoms with Gasteiger partial charge < -0.3 is 4.42 Å². The molecule has 1 aromatic heterocycles. The van der Waals surface area contributed by atoms with Crippen LogP contribution in [-0.4, -0.2) is 5.78 Å². The Balaban J connectivity index is 2.13. The van der Waals surface area contributed by atoms with Crippen molar-refractivity contribution >= 4 is 44.3 Å². The highest BCUT2D eigenvalue weighted by atomic mass is 79.9. The molecule has 0 saturated carbocycles. The third-order valence-electron chi connectivity index (χ3n) is 3.14. The highest BCUT2D eigenvalue weighted by molar-refractivity contribution is 9.08. The molecular formula is C16H10BrClO2. The van der Waals surface area contributed by atoms with Gasteiger partial charge in [-0.2, -0.15) is 0 Å². The zero-order valence-corrected chi connectivity index (χ0v) is 12.7. The SMILES string of the molecule is O=C(c1ccc(Cl)cc1)c1oc2ccccc2c1CBr. The van der Waals surface area contributed by atoms with Crippen LogP contribution in [0.4, 0.5) is 0 Å². The van der Waals surface area contributed by atoms with Gasteiger partial charge >= 0.3 is 0 Å². The Morgan fingerprint density at radius 3 is 2.50 bits per heavy atom. The van der Waals surface area contributed by atoms with Crippen molar-refractivity contribution in [2.75, 3.05) is 0 Å². The molecule has 0 saturated heterocycles. The Hall–Kier alpha value is -1.58. The first-order valence-electron chi connectivity index (χ1n) is 6.07. The smallest absolute Gasteiger partial charge is 0.228 e. The molecule has 100 valence electrons. The third kappa shape index (κ3) is 2.28. The van der Waals surface area contributed by atoms with Crippen LogP contribution < -0.4 is 0 Å². The van der Waals surface area contributed by atoms with E-state index in [9.17, 15) is 4.79 Å². The molecular weight excluding hydrogens is 340 g/mol. The molecule has 0 amide bonds. The van der Waals surface area contributed by atoms with E-state index in [2.05, 4.69) is 15.9 Å². The lowest BCUT2D eigenvalue weighted by molar-refractivity contribution is 0.101. The van der Waals surface area contributed by atoms with Crippen molar-refractivity contribution in [3.8, 4) is 0 Å². The number of rotatable bonds is 3. The summed E-state index contributed by atoms with van der Waals surface area (Å²) in [6, 6.07) is 14.4. The molecule has 1 heterocycles. The van der Waals surface area contributed by atoms with E-state index < -0.39 is 0 Å². The highest BCUT2D eigenvalue weighted by Gasteiger charge is 2.20. The summed E-state index contributed by atoms with van der Waals surface area (Å²) in [5, 5.41) is 2.13. The minimum Gasteiger partial charge on any atom is -0.452 e. The number of hydrogen-bond donors (Lipinski definition) is 0. The molecule has 3 aromatic rings. The van der Waals surface area contributed by atoms with Crippen LogP contribution in [0, 0.1) is 0 Å². The molecule has 0 aliphatic rings. The molecule has 3 rings (SSSR count). The van der Waals surface area contributed by atoms with E-state index in [1.165, 1.54) is 0 Å². The summed E-state index contributed by atoms with van der Waals surface area (Å²) < 4.78 is 5.72. The lowest BCUT2D eigenvalue weighted by atomic mass is 10.0. The predicted molar refractivity (Wildman–Crippen MR) is 83.7 cm³/mol. The summed E-state index contributed by atoms with van der Waals surface area (Å²) in [6.45, 7) is 0. The summed E-state index contributed by atoms with van der Waals surface area (Å²) in [5.41, 5.74) is 2.16. The van der Waals surface area contributed by atoms with E-state index in [1.807, 2.05) is 24.3 Å². The van der Waals surface area contributed by atoms with Crippen LogP contribution >= 0.6 is 27.5 Å². The van der Waals surface area contributed by atoms with Gasteiger partial charge in [-0.3, -0.25) is 4.79 Å². The van der Waals surface area contributed by atoms with Crippen LogP contribution in [0.2, 0.25) is 5.02 Å². The van der Waals surface area contributed by atoms with E-state index >= 15 is 0 Å². The first kappa shape index (κ1) is 13.4. The zero-order chi connectivity index (χ0) is 14.1. The largest absolute Gasteiger partial charge is 0.452 e. The Bertz CT molecular complexity index is 775. The second-order valence-corrected chi connectivity index (χ2v) is 5.37. The average molecular weight is 350 g/mol. The lowest BCUT2D eigenvalue weighted by Gasteiger charge is -2.00.